The van der Waals surface area contributed by atoms with E-state index in [0.717, 1.165) is 17.0 Å². The van der Waals surface area contributed by atoms with Crippen LogP contribution in [0.2, 0.25) is 0 Å². The standard InChI is InChI=1S/C36H31N5O7S/c1-5-18-48-35(43)31-22(3)37-36-40(33(31)23-12-15-27(46-4)16-13-23)34(42)30(49-36)20-25-21-39(26-10-8-7-9-11-26)38-32(25)24-14-17-29(47-6-2)28(19-24)41(44)45/h5,7-17,19-21,33H,1,6,18H2,2-4H3/b30-20+. The number of hydrogen-bond donors (Lipinski definition) is 0. The molecule has 1 unspecified atom stereocenters. The van der Waals surface area contributed by atoms with Gasteiger partial charge in [0.1, 0.15) is 18.1 Å². The maximum absolute atomic E-state index is 14.3. The molecule has 6 rings (SSSR count). The fourth-order valence-corrected chi connectivity index (χ4v) is 6.59. The zero-order valence-corrected chi connectivity index (χ0v) is 27.7. The van der Waals surface area contributed by atoms with Crippen LogP contribution in [0.3, 0.4) is 0 Å². The number of carbonyl (C=O) groups excluding carboxylic acids is 1. The highest BCUT2D eigenvalue weighted by atomic mass is 32.1. The maximum atomic E-state index is 14.3. The smallest absolute Gasteiger partial charge is 0.338 e. The van der Waals surface area contributed by atoms with E-state index in [9.17, 15) is 19.7 Å². The lowest BCUT2D eigenvalue weighted by Gasteiger charge is -2.24. The molecule has 0 amide bonds. The van der Waals surface area contributed by atoms with Crippen LogP contribution in [0.4, 0.5) is 5.69 Å². The minimum atomic E-state index is -0.832. The number of esters is 1. The van der Waals surface area contributed by atoms with Gasteiger partial charge in [-0.2, -0.15) is 5.10 Å². The Morgan fingerprint density at radius 2 is 1.88 bits per heavy atom. The first-order valence-electron chi connectivity index (χ1n) is 15.2. The minimum Gasteiger partial charge on any atom is -0.497 e. The molecule has 2 aromatic heterocycles. The van der Waals surface area contributed by atoms with E-state index in [4.69, 9.17) is 19.3 Å². The monoisotopic (exact) mass is 677 g/mol. The van der Waals surface area contributed by atoms with Gasteiger partial charge in [0.25, 0.3) is 5.56 Å². The average Bonchev–Trinajstić information content (AvgIpc) is 3.67. The summed E-state index contributed by atoms with van der Waals surface area (Å²) in [7, 11) is 1.56. The predicted octanol–water partition coefficient (Wildman–Crippen LogP) is 5.13. The van der Waals surface area contributed by atoms with Crippen LogP contribution in [-0.2, 0) is 9.53 Å². The first-order valence-corrected chi connectivity index (χ1v) is 16.1. The number of hydrogen-bond acceptors (Lipinski definition) is 10. The second-order valence-electron chi connectivity index (χ2n) is 10.8. The molecule has 0 bridgehead atoms. The third-order valence-corrected chi connectivity index (χ3v) is 8.77. The van der Waals surface area contributed by atoms with Gasteiger partial charge in [-0.1, -0.05) is 54.3 Å². The van der Waals surface area contributed by atoms with Crippen molar-refractivity contribution < 1.29 is 23.9 Å². The molecule has 0 saturated carbocycles. The first-order chi connectivity index (χ1) is 23.7. The molecule has 13 heteroatoms. The molecule has 49 heavy (non-hydrogen) atoms. The molecular formula is C36H31N5O7S. The summed E-state index contributed by atoms with van der Waals surface area (Å²) in [6.45, 7) is 7.34. The molecule has 12 nitrogen and oxygen atoms in total. The summed E-state index contributed by atoms with van der Waals surface area (Å²) in [5.74, 6) is 0.148. The Kier molecular flexibility index (Phi) is 9.35. The fourth-order valence-electron chi connectivity index (χ4n) is 5.55. The van der Waals surface area contributed by atoms with Crippen LogP contribution in [0.15, 0.2) is 113 Å². The Balaban J connectivity index is 1.55. The van der Waals surface area contributed by atoms with Gasteiger partial charge in [0.05, 0.1) is 46.2 Å². The summed E-state index contributed by atoms with van der Waals surface area (Å²) in [5, 5.41) is 16.8. The second-order valence-corrected chi connectivity index (χ2v) is 11.8. The number of carbonyl (C=O) groups is 1. The summed E-state index contributed by atoms with van der Waals surface area (Å²) in [4.78, 5) is 44.2. The van der Waals surface area contributed by atoms with Crippen molar-refractivity contribution in [1.29, 1.82) is 0 Å². The van der Waals surface area contributed by atoms with Crippen molar-refractivity contribution in [2.75, 3.05) is 20.3 Å². The summed E-state index contributed by atoms with van der Waals surface area (Å²) >= 11 is 1.16. The van der Waals surface area contributed by atoms with Crippen LogP contribution in [0.1, 0.15) is 31.0 Å². The lowest BCUT2D eigenvalue weighted by atomic mass is 9.96. The van der Waals surface area contributed by atoms with Gasteiger partial charge >= 0.3 is 11.7 Å². The number of ether oxygens (including phenoxy) is 3. The quantitative estimate of drug-likeness (QED) is 0.0811. The van der Waals surface area contributed by atoms with Crippen LogP contribution in [0.5, 0.6) is 11.5 Å². The van der Waals surface area contributed by atoms with E-state index in [1.165, 1.54) is 16.7 Å². The van der Waals surface area contributed by atoms with Gasteiger partial charge in [0, 0.05) is 23.4 Å². The Morgan fingerprint density at radius 1 is 1.12 bits per heavy atom. The number of rotatable bonds is 11. The van der Waals surface area contributed by atoms with Gasteiger partial charge in [0.15, 0.2) is 10.6 Å². The van der Waals surface area contributed by atoms with Crippen molar-refractivity contribution in [2.24, 2.45) is 4.99 Å². The van der Waals surface area contributed by atoms with Crippen LogP contribution in [0, 0.1) is 10.1 Å². The van der Waals surface area contributed by atoms with E-state index >= 15 is 0 Å². The Bertz CT molecular complexity index is 2290. The number of benzene rings is 3. The molecule has 3 aromatic carbocycles. The Hall–Kier alpha value is -6.08. The highest BCUT2D eigenvalue weighted by Gasteiger charge is 2.33. The summed E-state index contributed by atoms with van der Waals surface area (Å²) in [6.07, 6.45) is 4.92. The van der Waals surface area contributed by atoms with Crippen molar-refractivity contribution in [3.05, 3.63) is 144 Å². The number of thiazole rings is 1. The van der Waals surface area contributed by atoms with Gasteiger partial charge in [-0.3, -0.25) is 19.5 Å². The third kappa shape index (κ3) is 6.43. The molecule has 1 atom stereocenters. The molecular weight excluding hydrogens is 646 g/mol. The summed E-state index contributed by atoms with van der Waals surface area (Å²) < 4.78 is 19.7. The molecule has 0 N–H and O–H groups in total. The van der Waals surface area contributed by atoms with Gasteiger partial charge in [-0.15, -0.1) is 0 Å². The molecule has 1 aliphatic rings. The molecule has 0 aliphatic carbocycles. The number of nitro benzene ring substituents is 1. The van der Waals surface area contributed by atoms with Crippen LogP contribution >= 0.6 is 11.3 Å². The number of fused-ring (bicyclic) bond motifs is 1. The maximum Gasteiger partial charge on any atom is 0.338 e. The summed E-state index contributed by atoms with van der Waals surface area (Å²) in [6, 6.07) is 20.3. The van der Waals surface area contributed by atoms with Crippen molar-refractivity contribution >= 4 is 29.1 Å². The Morgan fingerprint density at radius 3 is 2.55 bits per heavy atom. The first kappa shape index (κ1) is 32.8. The van der Waals surface area contributed by atoms with Gasteiger partial charge in [0.2, 0.25) is 0 Å². The molecule has 1 aliphatic heterocycles. The minimum absolute atomic E-state index is 0.00669. The number of nitro groups is 1. The molecule has 0 fully saturated rings. The normalized spacial score (nSPS) is 14.2. The van der Waals surface area contributed by atoms with E-state index in [-0.39, 0.29) is 35.8 Å². The van der Waals surface area contributed by atoms with Crippen molar-refractivity contribution in [2.45, 2.75) is 19.9 Å². The van der Waals surface area contributed by atoms with Gasteiger partial charge < -0.3 is 14.2 Å². The van der Waals surface area contributed by atoms with Crippen LogP contribution in [0.25, 0.3) is 23.0 Å². The number of nitrogens with zero attached hydrogens (tertiary/aromatic N) is 5. The van der Waals surface area contributed by atoms with Crippen molar-refractivity contribution in [1.82, 2.24) is 14.3 Å². The molecule has 0 radical (unpaired) electrons. The summed E-state index contributed by atoms with van der Waals surface area (Å²) in [5.41, 5.74) is 2.88. The van der Waals surface area contributed by atoms with Crippen LogP contribution in [-0.4, -0.2) is 45.6 Å². The lowest BCUT2D eigenvalue weighted by molar-refractivity contribution is -0.385. The van der Waals surface area contributed by atoms with E-state index in [1.54, 1.807) is 74.3 Å². The molecule has 248 valence electrons. The highest BCUT2D eigenvalue weighted by molar-refractivity contribution is 7.07. The van der Waals surface area contributed by atoms with Crippen LogP contribution < -0.4 is 24.4 Å². The Labute approximate surface area is 284 Å². The van der Waals surface area contributed by atoms with E-state index in [0.29, 0.717) is 43.2 Å². The number of para-hydroxylation sites is 1. The third-order valence-electron chi connectivity index (χ3n) is 7.78. The average molecular weight is 678 g/mol. The van der Waals surface area contributed by atoms with E-state index in [2.05, 4.69) is 11.6 Å². The number of aromatic nitrogens is 3. The fraction of sp³-hybridized carbons (Fsp3) is 0.167. The predicted molar refractivity (Wildman–Crippen MR) is 185 cm³/mol. The van der Waals surface area contributed by atoms with Crippen molar-refractivity contribution in [3.8, 4) is 28.4 Å². The topological polar surface area (TPSA) is 140 Å². The second kappa shape index (κ2) is 14.0. The molecule has 0 saturated heterocycles. The van der Waals surface area contributed by atoms with E-state index < -0.39 is 16.9 Å². The largest absolute Gasteiger partial charge is 0.497 e. The van der Waals surface area contributed by atoms with Gasteiger partial charge in [-0.05, 0) is 61.9 Å². The lowest BCUT2D eigenvalue weighted by Crippen LogP contribution is -2.39. The molecule has 3 heterocycles. The highest BCUT2D eigenvalue weighted by Crippen LogP contribution is 2.34. The number of allylic oxidation sites excluding steroid dienone is 1. The zero-order chi connectivity index (χ0) is 34.7. The SMILES string of the molecule is C=CCOC(=O)C1=C(C)N=c2s/c(=C/c3cn(-c4ccccc4)nc3-c3ccc(OCC)c([N+](=O)[O-])c3)c(=O)n2C1c1ccc(OC)cc1. The zero-order valence-electron chi connectivity index (χ0n) is 26.9. The molecule has 0 spiro atoms. The van der Waals surface area contributed by atoms with Crippen molar-refractivity contribution in [3.63, 3.8) is 0 Å². The van der Waals surface area contributed by atoms with Gasteiger partial charge in [-0.25, -0.2) is 14.5 Å². The molecule has 5 aromatic rings. The van der Waals surface area contributed by atoms with E-state index in [1.807, 2.05) is 30.3 Å². The number of methoxy groups -OCH3 is 1.